The van der Waals surface area contributed by atoms with Crippen molar-refractivity contribution in [2.75, 3.05) is 0 Å². The van der Waals surface area contributed by atoms with Crippen molar-refractivity contribution in [1.29, 1.82) is 0 Å². The van der Waals surface area contributed by atoms with Gasteiger partial charge in [0.25, 0.3) is 0 Å². The van der Waals surface area contributed by atoms with Gasteiger partial charge in [-0.3, -0.25) is 0 Å². The Kier molecular flexibility index (Phi) is 2.70. The van der Waals surface area contributed by atoms with E-state index in [-0.39, 0.29) is 5.54 Å². The molecule has 0 aromatic heterocycles. The van der Waals surface area contributed by atoms with Gasteiger partial charge in [0, 0.05) is 11.6 Å². The summed E-state index contributed by atoms with van der Waals surface area (Å²) >= 11 is 0. The molecule has 0 saturated carbocycles. The van der Waals surface area contributed by atoms with Crippen molar-refractivity contribution in [1.82, 2.24) is 0 Å². The molecule has 0 heterocycles. The minimum Gasteiger partial charge on any atom is -0.229 e. The predicted octanol–water partition coefficient (Wildman–Crippen LogP) is 0.998. The average Bonchev–Trinajstić information content (AvgIpc) is 1.63. The first-order valence-electron chi connectivity index (χ1n) is 2.65. The van der Waals surface area contributed by atoms with Crippen LogP contribution in [-0.2, 0) is 4.79 Å². The summed E-state index contributed by atoms with van der Waals surface area (Å²) in [5, 5.41) is 0. The van der Waals surface area contributed by atoms with Crippen LogP contribution in [0.2, 0.25) is 0 Å². The molecule has 0 amide bonds. The second-order valence-corrected chi connectivity index (χ2v) is 2.62. The Morgan fingerprint density at radius 3 is 2.22 bits per heavy atom. The fraction of sp³-hybridized carbons (Fsp3) is 0.571. The molecule has 0 bridgehead atoms. The number of hydrogen-bond acceptors (Lipinski definition) is 2. The first kappa shape index (κ1) is 7.94. The molecule has 0 aromatic carbocycles. The Bertz CT molecular complexity index is 193. The molecule has 0 radical (unpaired) electrons. The Balaban J connectivity index is 4.35. The fourth-order valence-corrected chi connectivity index (χ4v) is 0.218. The Morgan fingerprint density at radius 2 is 1.89 bits per heavy atom. The average molecular weight is 123 g/mol. The Hall–Kier alpha value is -1.06. The van der Waals surface area contributed by atoms with Gasteiger partial charge in [0.2, 0.25) is 0 Å². The highest BCUT2D eigenvalue weighted by atomic mass is 16.1. The molecule has 48 valence electrons. The maximum Gasteiger partial charge on any atom is 0.187 e. The smallest absolute Gasteiger partial charge is 0.187 e. The van der Waals surface area contributed by atoms with E-state index in [9.17, 15) is 4.79 Å². The molecule has 0 saturated heterocycles. The van der Waals surface area contributed by atoms with Gasteiger partial charge in [0.05, 0.1) is 5.54 Å². The van der Waals surface area contributed by atoms with Gasteiger partial charge in [0.15, 0.2) is 5.94 Å². The predicted molar refractivity (Wildman–Crippen MR) is 36.4 cm³/mol. The molecule has 9 heavy (non-hydrogen) atoms. The van der Waals surface area contributed by atoms with Crippen LogP contribution in [0.25, 0.3) is 0 Å². The summed E-state index contributed by atoms with van der Waals surface area (Å²) in [6, 6.07) is 0. The van der Waals surface area contributed by atoms with Crippen molar-refractivity contribution in [2.24, 2.45) is 4.99 Å². The van der Waals surface area contributed by atoms with Gasteiger partial charge in [-0.05, 0) is 20.8 Å². The van der Waals surface area contributed by atoms with Crippen molar-refractivity contribution < 1.29 is 4.79 Å². The van der Waals surface area contributed by atoms with Crippen LogP contribution in [0.4, 0.5) is 0 Å². The minimum absolute atomic E-state index is 0.177. The summed E-state index contributed by atoms with van der Waals surface area (Å²) in [6.45, 7) is 5.73. The summed E-state index contributed by atoms with van der Waals surface area (Å²) in [4.78, 5) is 13.4. The van der Waals surface area contributed by atoms with E-state index in [4.69, 9.17) is 0 Å². The standard InChI is InChI=1S/C7H9NO/c1-7(2,3)8-5-4-6-9/h1-3H3. The zero-order valence-corrected chi connectivity index (χ0v) is 5.86. The van der Waals surface area contributed by atoms with E-state index in [2.05, 4.69) is 16.6 Å². The van der Waals surface area contributed by atoms with Crippen molar-refractivity contribution in [3.63, 3.8) is 0 Å². The minimum atomic E-state index is -0.177. The monoisotopic (exact) mass is 123 g/mol. The van der Waals surface area contributed by atoms with Crippen LogP contribution in [0.1, 0.15) is 20.8 Å². The Labute approximate surface area is 54.6 Å². The van der Waals surface area contributed by atoms with E-state index in [0.29, 0.717) is 0 Å². The number of nitrogens with zero attached hydrogens (tertiary/aromatic N) is 1. The van der Waals surface area contributed by atoms with Crippen LogP contribution >= 0.6 is 0 Å². The zero-order valence-electron chi connectivity index (χ0n) is 5.86. The van der Waals surface area contributed by atoms with E-state index in [1.807, 2.05) is 20.8 Å². The van der Waals surface area contributed by atoms with Gasteiger partial charge in [0.1, 0.15) is 0 Å². The maximum absolute atomic E-state index is 9.53. The third-order valence-electron chi connectivity index (χ3n) is 0.498. The van der Waals surface area contributed by atoms with E-state index in [0.717, 1.165) is 0 Å². The zero-order chi connectivity index (χ0) is 7.33. The summed E-state index contributed by atoms with van der Waals surface area (Å²) in [5.41, 5.74) is 1.91. The van der Waals surface area contributed by atoms with Crippen LogP contribution in [0.5, 0.6) is 0 Å². The molecule has 0 unspecified atom stereocenters. The van der Waals surface area contributed by atoms with E-state index in [1.165, 1.54) is 5.94 Å². The summed E-state index contributed by atoms with van der Waals surface area (Å²) < 4.78 is 0. The second kappa shape index (κ2) is 3.06. The van der Waals surface area contributed by atoms with Gasteiger partial charge in [-0.2, -0.15) is 0 Å². The highest BCUT2D eigenvalue weighted by Crippen LogP contribution is 2.02. The van der Waals surface area contributed by atoms with Crippen molar-refractivity contribution in [3.8, 4) is 0 Å². The number of rotatable bonds is 0. The molecule has 0 N–H and O–H groups in total. The molecule has 0 rings (SSSR count). The summed E-state index contributed by atoms with van der Waals surface area (Å²) in [5.74, 6) is 3.76. The van der Waals surface area contributed by atoms with Gasteiger partial charge in [-0.25, -0.2) is 9.79 Å². The number of aliphatic imine (C=N–C) groups is 1. The van der Waals surface area contributed by atoms with Gasteiger partial charge >= 0.3 is 0 Å². The van der Waals surface area contributed by atoms with Crippen LogP contribution in [0.3, 0.4) is 0 Å². The van der Waals surface area contributed by atoms with Gasteiger partial charge < -0.3 is 0 Å². The topological polar surface area (TPSA) is 29.4 Å². The summed E-state index contributed by atoms with van der Waals surface area (Å²) in [7, 11) is 0. The van der Waals surface area contributed by atoms with E-state index in [1.54, 1.807) is 0 Å². The largest absolute Gasteiger partial charge is 0.229 e. The normalized spacial score (nSPS) is 8.78. The van der Waals surface area contributed by atoms with Crippen LogP contribution in [-0.4, -0.2) is 17.4 Å². The van der Waals surface area contributed by atoms with Crippen molar-refractivity contribution in [3.05, 3.63) is 5.73 Å². The molecule has 0 spiro atoms. The molecule has 0 aromatic rings. The third kappa shape index (κ3) is 6.94. The molecule has 0 atom stereocenters. The molecule has 0 aliphatic carbocycles. The Morgan fingerprint density at radius 1 is 1.33 bits per heavy atom. The molecule has 0 aliphatic heterocycles. The van der Waals surface area contributed by atoms with E-state index < -0.39 is 0 Å². The molecular weight excluding hydrogens is 114 g/mol. The van der Waals surface area contributed by atoms with Crippen molar-refractivity contribution >= 4 is 11.8 Å². The van der Waals surface area contributed by atoms with Gasteiger partial charge in [-0.15, -0.1) is 0 Å². The van der Waals surface area contributed by atoms with Crippen molar-refractivity contribution in [2.45, 2.75) is 26.3 Å². The second-order valence-electron chi connectivity index (χ2n) is 2.62. The quantitative estimate of drug-likeness (QED) is 0.268. The lowest BCUT2D eigenvalue weighted by molar-refractivity contribution is 0.569. The summed E-state index contributed by atoms with van der Waals surface area (Å²) in [6.07, 6.45) is 0. The molecule has 0 aliphatic rings. The maximum atomic E-state index is 9.53. The van der Waals surface area contributed by atoms with Crippen LogP contribution < -0.4 is 0 Å². The SMILES string of the molecule is CC(C)(C)N=C=C=C=O. The van der Waals surface area contributed by atoms with Crippen LogP contribution in [0.15, 0.2) is 10.7 Å². The van der Waals surface area contributed by atoms with Gasteiger partial charge in [-0.1, -0.05) is 0 Å². The third-order valence-corrected chi connectivity index (χ3v) is 0.498. The highest BCUT2D eigenvalue weighted by molar-refractivity contribution is 5.63. The highest BCUT2D eigenvalue weighted by Gasteiger charge is 2.03. The lowest BCUT2D eigenvalue weighted by atomic mass is 10.1. The fourth-order valence-electron chi connectivity index (χ4n) is 0.218. The molecule has 2 heteroatoms. The molecule has 0 fully saturated rings. The number of carbonyl (C=O) groups excluding carboxylic acids is 1. The van der Waals surface area contributed by atoms with E-state index >= 15 is 0 Å². The molecular formula is C7H9NO. The first-order chi connectivity index (χ1) is 4.06. The number of hydrogen-bond donors (Lipinski definition) is 0. The lowest BCUT2D eigenvalue weighted by Crippen LogP contribution is -2.07. The molecule has 2 nitrogen and oxygen atoms in total. The van der Waals surface area contributed by atoms with Crippen LogP contribution in [0, 0.1) is 0 Å². The first-order valence-corrected chi connectivity index (χ1v) is 2.65. The lowest BCUT2D eigenvalue weighted by Gasteiger charge is -2.06.